The summed E-state index contributed by atoms with van der Waals surface area (Å²) in [7, 11) is 0. The van der Waals surface area contributed by atoms with Crippen LogP contribution in [0, 0.1) is 6.92 Å². The first kappa shape index (κ1) is 39.8. The van der Waals surface area contributed by atoms with Gasteiger partial charge in [0.15, 0.2) is 12.4 Å². The van der Waals surface area contributed by atoms with Gasteiger partial charge in [-0.25, -0.2) is 4.79 Å². The third-order valence-electron chi connectivity index (χ3n) is 8.40. The molecule has 2 aromatic heterocycles. The van der Waals surface area contributed by atoms with Gasteiger partial charge in [-0.2, -0.15) is 32.8 Å². The second kappa shape index (κ2) is 16.9. The molecule has 0 bridgehead atoms. The van der Waals surface area contributed by atoms with E-state index in [-0.39, 0.29) is 30.4 Å². The molecular formula is C35H32ClF3N12O6. The summed E-state index contributed by atoms with van der Waals surface area (Å²) in [6, 6.07) is 17.0. The minimum Gasteiger partial charge on any atom is -0.480 e. The average Bonchev–Trinajstić information content (AvgIpc) is 3.82. The van der Waals surface area contributed by atoms with E-state index >= 15 is 0 Å². The number of amides is 3. The predicted octanol–water partition coefficient (Wildman–Crippen LogP) is 3.92. The molecule has 22 heteroatoms. The second-order valence-electron chi connectivity index (χ2n) is 12.6. The summed E-state index contributed by atoms with van der Waals surface area (Å²) >= 11 is 6.02. The Labute approximate surface area is 325 Å². The highest BCUT2D eigenvalue weighted by atomic mass is 35.5. The standard InChI is InChI=1S/C35H32ClF3N12O6/c1-19-48-49-50-51(19)25-12-10-23(11-13-25)41-29(54)28(53)40-17-14-26(30(55)56)43-27(52)20-2-8-24(9-3-20)42-31-44-32(46-33(45-31)57-18-35(37,38)39)47-34(15-16-34)21-4-6-22(36)7-5-21/h2-13,26H,14-18H2,1H3,(H,40,53)(H,41,54)(H,43,52)(H,55,56)(H2,42,44,45,46,47)/t26-/m0/s1. The molecule has 6 rings (SSSR count). The van der Waals surface area contributed by atoms with Crippen molar-refractivity contribution in [2.75, 3.05) is 29.1 Å². The Kier molecular flexibility index (Phi) is 11.8. The molecular weight excluding hydrogens is 777 g/mol. The van der Waals surface area contributed by atoms with Gasteiger partial charge in [0.05, 0.1) is 11.2 Å². The van der Waals surface area contributed by atoms with Crippen LogP contribution in [-0.4, -0.2) is 89.3 Å². The maximum absolute atomic E-state index is 13.0. The molecule has 0 aliphatic heterocycles. The normalized spacial score (nSPS) is 13.5. The molecule has 1 fully saturated rings. The predicted molar refractivity (Wildman–Crippen MR) is 196 cm³/mol. The van der Waals surface area contributed by atoms with Crippen LogP contribution in [0.1, 0.15) is 41.0 Å². The quantitative estimate of drug-likeness (QED) is 0.0822. The van der Waals surface area contributed by atoms with E-state index in [0.717, 1.165) is 5.56 Å². The van der Waals surface area contributed by atoms with Crippen LogP contribution >= 0.6 is 11.6 Å². The molecule has 2 heterocycles. The summed E-state index contributed by atoms with van der Waals surface area (Å²) in [5.74, 6) is -3.83. The number of alkyl halides is 3. The SMILES string of the molecule is Cc1nnnn1-c1ccc(NC(=O)C(=O)NCC[C@H](NC(=O)c2ccc(Nc3nc(NC4(c5ccc(Cl)cc5)CC4)nc(OCC(F)(F)F)n3)cc2)C(=O)O)cc1. The number of ether oxygens (including phenoxy) is 1. The van der Waals surface area contributed by atoms with Gasteiger partial charge in [-0.3, -0.25) is 14.4 Å². The molecule has 3 aromatic carbocycles. The van der Waals surface area contributed by atoms with Crippen molar-refractivity contribution in [3.05, 3.63) is 94.8 Å². The first-order valence-electron chi connectivity index (χ1n) is 17.0. The summed E-state index contributed by atoms with van der Waals surface area (Å²) in [5.41, 5.74) is 1.63. The smallest absolute Gasteiger partial charge is 0.422 e. The highest BCUT2D eigenvalue weighted by molar-refractivity contribution is 6.39. The van der Waals surface area contributed by atoms with E-state index in [1.807, 2.05) is 12.1 Å². The molecule has 0 spiro atoms. The molecule has 0 saturated heterocycles. The van der Waals surface area contributed by atoms with E-state index in [4.69, 9.17) is 16.3 Å². The fourth-order valence-corrected chi connectivity index (χ4v) is 5.49. The average molecular weight is 809 g/mol. The van der Waals surface area contributed by atoms with Crippen molar-refractivity contribution in [3.63, 3.8) is 0 Å². The van der Waals surface area contributed by atoms with Gasteiger partial charge in [0.2, 0.25) is 11.9 Å². The van der Waals surface area contributed by atoms with Gasteiger partial charge in [0, 0.05) is 28.5 Å². The fourth-order valence-electron chi connectivity index (χ4n) is 5.36. The molecule has 0 unspecified atom stereocenters. The lowest BCUT2D eigenvalue weighted by atomic mass is 10.1. The molecule has 0 radical (unpaired) electrons. The number of anilines is 4. The van der Waals surface area contributed by atoms with Gasteiger partial charge in [0.25, 0.3) is 5.91 Å². The van der Waals surface area contributed by atoms with Gasteiger partial charge in [-0.15, -0.1) is 5.10 Å². The fraction of sp³-hybridized carbons (Fsp3) is 0.257. The highest BCUT2D eigenvalue weighted by Gasteiger charge is 2.45. The van der Waals surface area contributed by atoms with Gasteiger partial charge in [-0.1, -0.05) is 23.7 Å². The number of halogens is 4. The topological polar surface area (TPSA) is 240 Å². The van der Waals surface area contributed by atoms with Crippen LogP contribution in [0.25, 0.3) is 5.69 Å². The summed E-state index contributed by atoms with van der Waals surface area (Å²) in [6.45, 7) is -0.188. The number of aromatic nitrogens is 7. The van der Waals surface area contributed by atoms with Crippen molar-refractivity contribution >= 4 is 58.6 Å². The zero-order valence-corrected chi connectivity index (χ0v) is 30.4. The maximum Gasteiger partial charge on any atom is 0.422 e. The Morgan fingerprint density at radius 2 is 1.58 bits per heavy atom. The first-order valence-corrected chi connectivity index (χ1v) is 17.4. The number of carbonyl (C=O) groups excluding carboxylic acids is 3. The number of hydrogen-bond acceptors (Lipinski definition) is 13. The Bertz CT molecular complexity index is 2250. The number of carbonyl (C=O) groups is 4. The van der Waals surface area contributed by atoms with E-state index in [2.05, 4.69) is 57.1 Å². The number of hydrogen-bond donors (Lipinski definition) is 6. The zero-order chi connectivity index (χ0) is 40.7. The summed E-state index contributed by atoms with van der Waals surface area (Å²) in [4.78, 5) is 61.9. The number of tetrazole rings is 1. The number of nitrogens with zero attached hydrogens (tertiary/aromatic N) is 7. The van der Waals surface area contributed by atoms with Crippen molar-refractivity contribution in [2.24, 2.45) is 0 Å². The lowest BCUT2D eigenvalue weighted by Gasteiger charge is -2.19. The Morgan fingerprint density at radius 3 is 2.19 bits per heavy atom. The Morgan fingerprint density at radius 1 is 0.912 bits per heavy atom. The molecule has 296 valence electrons. The molecule has 1 aliphatic carbocycles. The lowest BCUT2D eigenvalue weighted by molar-refractivity contribution is -0.154. The molecule has 3 amide bonds. The van der Waals surface area contributed by atoms with Crippen LogP contribution in [0.2, 0.25) is 5.02 Å². The second-order valence-corrected chi connectivity index (χ2v) is 13.1. The van der Waals surface area contributed by atoms with Crippen molar-refractivity contribution < 1.29 is 42.2 Å². The number of aliphatic carboxylic acids is 1. The highest BCUT2D eigenvalue weighted by Crippen LogP contribution is 2.48. The minimum absolute atomic E-state index is 0.0485. The third-order valence-corrected chi connectivity index (χ3v) is 8.66. The third kappa shape index (κ3) is 10.7. The van der Waals surface area contributed by atoms with Crippen LogP contribution in [-0.2, 0) is 19.9 Å². The molecule has 57 heavy (non-hydrogen) atoms. The molecule has 1 aliphatic rings. The van der Waals surface area contributed by atoms with Gasteiger partial charge >= 0.3 is 30.0 Å². The van der Waals surface area contributed by atoms with Crippen molar-refractivity contribution in [2.45, 2.75) is 43.9 Å². The summed E-state index contributed by atoms with van der Waals surface area (Å²) < 4.78 is 45.1. The van der Waals surface area contributed by atoms with E-state index in [0.29, 0.717) is 40.8 Å². The number of nitrogens with one attached hydrogen (secondary N) is 5. The van der Waals surface area contributed by atoms with E-state index in [1.54, 1.807) is 43.3 Å². The maximum atomic E-state index is 13.0. The van der Waals surface area contributed by atoms with Gasteiger partial charge in [0.1, 0.15) is 6.04 Å². The van der Waals surface area contributed by atoms with E-state index < -0.39 is 54.1 Å². The largest absolute Gasteiger partial charge is 0.480 e. The zero-order valence-electron chi connectivity index (χ0n) is 29.7. The van der Waals surface area contributed by atoms with Crippen LogP contribution < -0.4 is 31.3 Å². The molecule has 1 saturated carbocycles. The monoisotopic (exact) mass is 808 g/mol. The number of benzene rings is 3. The number of rotatable bonds is 15. The van der Waals surface area contributed by atoms with Crippen molar-refractivity contribution in [1.82, 2.24) is 45.8 Å². The Hall–Kier alpha value is -6.90. The van der Waals surface area contributed by atoms with Crippen LogP contribution in [0.5, 0.6) is 6.01 Å². The van der Waals surface area contributed by atoms with Crippen molar-refractivity contribution in [1.29, 1.82) is 0 Å². The molecule has 6 N–H and O–H groups in total. The first-order chi connectivity index (χ1) is 27.2. The summed E-state index contributed by atoms with van der Waals surface area (Å²) in [6.07, 6.45) is -3.52. The number of aryl methyl sites for hydroxylation is 1. The van der Waals surface area contributed by atoms with Gasteiger partial charge in [-0.05, 0) is 103 Å². The van der Waals surface area contributed by atoms with E-state index in [1.165, 1.54) is 28.9 Å². The van der Waals surface area contributed by atoms with E-state index in [9.17, 15) is 37.5 Å². The Balaban J connectivity index is 1.03. The number of carboxylic acid groups (broad SMARTS) is 1. The molecule has 18 nitrogen and oxygen atoms in total. The number of carboxylic acids is 1. The summed E-state index contributed by atoms with van der Waals surface area (Å²) in [5, 5.41) is 34.6. The minimum atomic E-state index is -4.65. The molecule has 5 aromatic rings. The van der Waals surface area contributed by atoms with Crippen LogP contribution in [0.3, 0.4) is 0 Å². The lowest BCUT2D eigenvalue weighted by Crippen LogP contribution is -2.44. The van der Waals surface area contributed by atoms with Crippen LogP contribution in [0.15, 0.2) is 72.8 Å². The van der Waals surface area contributed by atoms with Crippen LogP contribution in [0.4, 0.5) is 36.4 Å². The van der Waals surface area contributed by atoms with Crippen molar-refractivity contribution in [3.8, 4) is 11.7 Å². The molecule has 1 atom stereocenters. The van der Waals surface area contributed by atoms with Gasteiger partial charge < -0.3 is 36.4 Å².